The van der Waals surface area contributed by atoms with Crippen molar-refractivity contribution in [2.24, 2.45) is 0 Å². The Labute approximate surface area is 55.4 Å². The lowest BCUT2D eigenvalue weighted by atomic mass is 10.7. The summed E-state index contributed by atoms with van der Waals surface area (Å²) in [4.78, 5) is 10.2. The summed E-state index contributed by atoms with van der Waals surface area (Å²) in [5, 5.41) is 2.35. The van der Waals surface area contributed by atoms with E-state index in [0.29, 0.717) is 0 Å². The molecule has 0 heterocycles. The number of alkyl halides is 2. The van der Waals surface area contributed by atoms with Crippen LogP contribution >= 0.6 is 27.5 Å². The average Bonchev–Trinajstić information content (AvgIpc) is 1.65. The SMILES string of the molecule is CNC(=O)C(Cl)Br. The van der Waals surface area contributed by atoms with E-state index in [9.17, 15) is 4.79 Å². The molecule has 1 unspecified atom stereocenters. The molecular formula is C3H5BrClNO. The molecule has 0 bridgehead atoms. The lowest BCUT2D eigenvalue weighted by Gasteiger charge is -1.94. The van der Waals surface area contributed by atoms with Crippen LogP contribution in [0.5, 0.6) is 0 Å². The summed E-state index contributed by atoms with van der Waals surface area (Å²) in [6.07, 6.45) is 0. The molecule has 0 radical (unpaired) electrons. The van der Waals surface area contributed by atoms with Gasteiger partial charge >= 0.3 is 0 Å². The van der Waals surface area contributed by atoms with Gasteiger partial charge < -0.3 is 5.32 Å². The summed E-state index contributed by atoms with van der Waals surface area (Å²) in [6.45, 7) is 0. The summed E-state index contributed by atoms with van der Waals surface area (Å²) in [5.74, 6) is -0.221. The third kappa shape index (κ3) is 2.88. The molecule has 0 aromatic heterocycles. The van der Waals surface area contributed by atoms with Gasteiger partial charge in [-0.1, -0.05) is 27.5 Å². The Morgan fingerprint density at radius 3 is 2.43 bits per heavy atom. The van der Waals surface area contributed by atoms with Crippen molar-refractivity contribution in [2.75, 3.05) is 7.05 Å². The van der Waals surface area contributed by atoms with Crippen LogP contribution in [0.1, 0.15) is 0 Å². The van der Waals surface area contributed by atoms with E-state index < -0.39 is 4.29 Å². The summed E-state index contributed by atoms with van der Waals surface area (Å²) in [7, 11) is 1.53. The van der Waals surface area contributed by atoms with Gasteiger partial charge in [0.2, 0.25) is 5.91 Å². The lowest BCUT2D eigenvalue weighted by Crippen LogP contribution is -2.23. The van der Waals surface area contributed by atoms with Gasteiger partial charge in [0.15, 0.2) is 4.29 Å². The van der Waals surface area contributed by atoms with Crippen LogP contribution in [-0.4, -0.2) is 17.2 Å². The number of nitrogens with one attached hydrogen (secondary N) is 1. The Morgan fingerprint density at radius 1 is 2.00 bits per heavy atom. The molecule has 0 spiro atoms. The molecule has 0 aromatic rings. The van der Waals surface area contributed by atoms with Gasteiger partial charge in [0.05, 0.1) is 0 Å². The van der Waals surface area contributed by atoms with Crippen LogP contribution in [0.4, 0.5) is 0 Å². The third-order valence-electron chi connectivity index (χ3n) is 0.445. The first-order chi connectivity index (χ1) is 3.18. The van der Waals surface area contributed by atoms with Gasteiger partial charge in [0.1, 0.15) is 0 Å². The molecule has 4 heteroatoms. The second-order valence-electron chi connectivity index (χ2n) is 0.915. The minimum atomic E-state index is -0.600. The highest BCUT2D eigenvalue weighted by Crippen LogP contribution is 2.02. The molecule has 0 saturated carbocycles. The molecular weight excluding hydrogens is 181 g/mol. The van der Waals surface area contributed by atoms with Crippen molar-refractivity contribution in [1.29, 1.82) is 0 Å². The Bertz CT molecular complexity index is 75.3. The maximum absolute atomic E-state index is 10.2. The van der Waals surface area contributed by atoms with Gasteiger partial charge in [-0.2, -0.15) is 0 Å². The second kappa shape index (κ2) is 3.27. The van der Waals surface area contributed by atoms with Gasteiger partial charge in [-0.25, -0.2) is 0 Å². The van der Waals surface area contributed by atoms with E-state index in [2.05, 4.69) is 21.2 Å². The molecule has 1 atom stereocenters. The maximum Gasteiger partial charge on any atom is 0.248 e. The number of hydrogen-bond acceptors (Lipinski definition) is 1. The van der Waals surface area contributed by atoms with E-state index >= 15 is 0 Å². The number of amides is 1. The fraction of sp³-hybridized carbons (Fsp3) is 0.667. The number of carbonyl (C=O) groups is 1. The molecule has 0 aliphatic rings. The minimum absolute atomic E-state index is 0.221. The van der Waals surface area contributed by atoms with Crippen molar-refractivity contribution in [1.82, 2.24) is 5.32 Å². The Kier molecular flexibility index (Phi) is 3.38. The topological polar surface area (TPSA) is 29.1 Å². The van der Waals surface area contributed by atoms with Gasteiger partial charge in [-0.05, 0) is 0 Å². The van der Waals surface area contributed by atoms with E-state index in [1.165, 1.54) is 7.05 Å². The predicted molar refractivity (Wildman–Crippen MR) is 32.6 cm³/mol. The molecule has 2 nitrogen and oxygen atoms in total. The van der Waals surface area contributed by atoms with Crippen molar-refractivity contribution < 1.29 is 4.79 Å². The summed E-state index contributed by atoms with van der Waals surface area (Å²) < 4.78 is -0.600. The van der Waals surface area contributed by atoms with Crippen LogP contribution in [0, 0.1) is 0 Å². The zero-order valence-electron chi connectivity index (χ0n) is 3.74. The highest BCUT2D eigenvalue weighted by molar-refractivity contribution is 9.10. The predicted octanol–water partition coefficient (Wildman–Crippen LogP) is 0.692. The van der Waals surface area contributed by atoms with Gasteiger partial charge in [0.25, 0.3) is 0 Å². The van der Waals surface area contributed by atoms with Crippen LogP contribution in [-0.2, 0) is 4.79 Å². The standard InChI is InChI=1S/C3H5BrClNO/c1-6-3(7)2(4)5/h2H,1H3,(H,6,7). The molecule has 42 valence electrons. The molecule has 0 aliphatic carbocycles. The number of rotatable bonds is 1. The van der Waals surface area contributed by atoms with Crippen LogP contribution < -0.4 is 5.32 Å². The zero-order chi connectivity index (χ0) is 5.86. The first kappa shape index (κ1) is 7.24. The van der Waals surface area contributed by atoms with Gasteiger partial charge in [-0.3, -0.25) is 4.79 Å². The van der Waals surface area contributed by atoms with Crippen molar-refractivity contribution in [2.45, 2.75) is 4.29 Å². The first-order valence-electron chi connectivity index (χ1n) is 1.68. The Morgan fingerprint density at radius 2 is 2.43 bits per heavy atom. The first-order valence-corrected chi connectivity index (χ1v) is 3.03. The summed E-state index contributed by atoms with van der Waals surface area (Å²) in [5.41, 5.74) is 0. The highest BCUT2D eigenvalue weighted by atomic mass is 79.9. The quantitative estimate of drug-likeness (QED) is 0.600. The molecule has 7 heavy (non-hydrogen) atoms. The van der Waals surface area contributed by atoms with Gasteiger partial charge in [0, 0.05) is 7.05 Å². The van der Waals surface area contributed by atoms with Crippen LogP contribution in [0.3, 0.4) is 0 Å². The van der Waals surface area contributed by atoms with Crippen molar-refractivity contribution in [3.63, 3.8) is 0 Å². The highest BCUT2D eigenvalue weighted by Gasteiger charge is 2.05. The molecule has 0 fully saturated rings. The minimum Gasteiger partial charge on any atom is -0.357 e. The zero-order valence-corrected chi connectivity index (χ0v) is 6.08. The molecule has 1 N–H and O–H groups in total. The normalized spacial score (nSPS) is 13.0. The Balaban J connectivity index is 3.35. The maximum atomic E-state index is 10.2. The van der Waals surface area contributed by atoms with E-state index in [0.717, 1.165) is 0 Å². The van der Waals surface area contributed by atoms with Crippen LogP contribution in [0.15, 0.2) is 0 Å². The van der Waals surface area contributed by atoms with Crippen molar-refractivity contribution in [3.05, 3.63) is 0 Å². The van der Waals surface area contributed by atoms with Crippen LogP contribution in [0.2, 0.25) is 0 Å². The lowest BCUT2D eigenvalue weighted by molar-refractivity contribution is -0.118. The number of hydrogen-bond donors (Lipinski definition) is 1. The summed E-state index contributed by atoms with van der Waals surface area (Å²) >= 11 is 8.09. The monoisotopic (exact) mass is 185 g/mol. The number of carbonyl (C=O) groups excluding carboxylic acids is 1. The van der Waals surface area contributed by atoms with E-state index in [1.807, 2.05) is 0 Å². The molecule has 1 amide bonds. The fourth-order valence-corrected chi connectivity index (χ4v) is 0.447. The van der Waals surface area contributed by atoms with Gasteiger partial charge in [-0.15, -0.1) is 0 Å². The number of halogens is 2. The van der Waals surface area contributed by atoms with E-state index in [4.69, 9.17) is 11.6 Å². The molecule has 0 saturated heterocycles. The Hall–Kier alpha value is 0.240. The fourth-order valence-electron chi connectivity index (χ4n) is 0.109. The van der Waals surface area contributed by atoms with Crippen molar-refractivity contribution in [3.8, 4) is 0 Å². The molecule has 0 rings (SSSR count). The third-order valence-corrected chi connectivity index (χ3v) is 1.06. The molecule has 0 aliphatic heterocycles. The largest absolute Gasteiger partial charge is 0.357 e. The van der Waals surface area contributed by atoms with E-state index in [-0.39, 0.29) is 5.91 Å². The average molecular weight is 186 g/mol. The van der Waals surface area contributed by atoms with Crippen LogP contribution in [0.25, 0.3) is 0 Å². The smallest absolute Gasteiger partial charge is 0.248 e. The summed E-state index contributed by atoms with van der Waals surface area (Å²) in [6, 6.07) is 0. The molecule has 0 aromatic carbocycles. The van der Waals surface area contributed by atoms with E-state index in [1.54, 1.807) is 0 Å². The second-order valence-corrected chi connectivity index (χ2v) is 2.79. The van der Waals surface area contributed by atoms with Crippen molar-refractivity contribution >= 4 is 33.4 Å².